The Hall–Kier alpha value is -0.240. The van der Waals surface area contributed by atoms with Crippen molar-refractivity contribution in [1.29, 1.82) is 0 Å². The molecule has 2 heteroatoms. The normalized spacial score (nSPS) is 13.5. The molecule has 1 atom stereocenters. The topological polar surface area (TPSA) is 13.1 Å². The highest BCUT2D eigenvalue weighted by Crippen LogP contribution is 2.23. The van der Waals surface area contributed by atoms with Crippen molar-refractivity contribution in [2.45, 2.75) is 26.2 Å². The molecule has 56 valence electrons. The van der Waals surface area contributed by atoms with Crippen molar-refractivity contribution in [3.8, 4) is 0 Å². The van der Waals surface area contributed by atoms with Crippen molar-refractivity contribution in [2.75, 3.05) is 0 Å². The second kappa shape index (κ2) is 3.24. The molecule has 0 saturated heterocycles. The van der Waals surface area contributed by atoms with Crippen molar-refractivity contribution < 1.29 is 4.42 Å². The summed E-state index contributed by atoms with van der Waals surface area (Å²) in [6, 6.07) is 2.02. The lowest BCUT2D eigenvalue weighted by molar-refractivity contribution is 0.468. The summed E-state index contributed by atoms with van der Waals surface area (Å²) in [6.07, 6.45) is 2.85. The molecule has 0 N–H and O–H groups in total. The third-order valence-electron chi connectivity index (χ3n) is 1.69. The molecule has 0 aliphatic heterocycles. The Balaban J connectivity index is 2.74. The van der Waals surface area contributed by atoms with Crippen LogP contribution in [0.4, 0.5) is 0 Å². The van der Waals surface area contributed by atoms with Gasteiger partial charge in [0.15, 0.2) is 0 Å². The van der Waals surface area contributed by atoms with E-state index < -0.39 is 0 Å². The van der Waals surface area contributed by atoms with Gasteiger partial charge in [0, 0.05) is 5.92 Å². The molecule has 1 rings (SSSR count). The van der Waals surface area contributed by atoms with Gasteiger partial charge in [-0.3, -0.25) is 0 Å². The molecule has 1 nitrogen and oxygen atoms in total. The largest absolute Gasteiger partial charge is 0.468 e. The number of hydrogen-bond donors (Lipinski definition) is 0. The molecule has 0 radical (unpaired) electrons. The molecule has 0 amide bonds. The van der Waals surface area contributed by atoms with Crippen LogP contribution < -0.4 is 0 Å². The maximum Gasteiger partial charge on any atom is 0.107 e. The average molecular weight is 203 g/mol. The first kappa shape index (κ1) is 7.86. The zero-order chi connectivity index (χ0) is 7.56. The van der Waals surface area contributed by atoms with E-state index in [0.29, 0.717) is 5.92 Å². The van der Waals surface area contributed by atoms with E-state index in [1.807, 2.05) is 6.07 Å². The van der Waals surface area contributed by atoms with E-state index in [1.54, 1.807) is 6.26 Å². The monoisotopic (exact) mass is 202 g/mol. The fourth-order valence-electron chi connectivity index (χ4n) is 0.788. The molecule has 10 heavy (non-hydrogen) atoms. The maximum atomic E-state index is 5.27. The molecule has 0 bridgehead atoms. The molecule has 1 unspecified atom stereocenters. The van der Waals surface area contributed by atoms with Gasteiger partial charge in [0.25, 0.3) is 0 Å². The maximum absolute atomic E-state index is 5.27. The minimum atomic E-state index is 0.534. The Morgan fingerprint density at radius 2 is 2.40 bits per heavy atom. The van der Waals surface area contributed by atoms with Crippen LogP contribution in [-0.4, -0.2) is 0 Å². The van der Waals surface area contributed by atoms with Crippen LogP contribution in [0.3, 0.4) is 0 Å². The fourth-order valence-corrected chi connectivity index (χ4v) is 1.11. The Morgan fingerprint density at radius 3 is 2.80 bits per heavy atom. The van der Waals surface area contributed by atoms with Crippen LogP contribution in [0.2, 0.25) is 0 Å². The van der Waals surface area contributed by atoms with Crippen molar-refractivity contribution >= 4 is 15.9 Å². The first-order valence-corrected chi connectivity index (χ1v) is 4.27. The van der Waals surface area contributed by atoms with E-state index in [4.69, 9.17) is 4.42 Å². The molecule has 0 aliphatic rings. The summed E-state index contributed by atoms with van der Waals surface area (Å²) < 4.78 is 6.30. The van der Waals surface area contributed by atoms with Crippen LogP contribution in [0.5, 0.6) is 0 Å². The van der Waals surface area contributed by atoms with E-state index in [9.17, 15) is 0 Å². The average Bonchev–Trinajstić information content (AvgIpc) is 2.34. The number of furan rings is 1. The van der Waals surface area contributed by atoms with Gasteiger partial charge in [-0.25, -0.2) is 0 Å². The molecule has 1 aromatic heterocycles. The number of halogens is 1. The third-order valence-corrected chi connectivity index (χ3v) is 2.10. The molecule has 0 aliphatic carbocycles. The highest BCUT2D eigenvalue weighted by molar-refractivity contribution is 9.10. The molecule has 0 aromatic carbocycles. The van der Waals surface area contributed by atoms with Gasteiger partial charge in [-0.15, -0.1) is 0 Å². The molecule has 1 aromatic rings. The lowest BCUT2D eigenvalue weighted by Gasteiger charge is -2.01. The van der Waals surface area contributed by atoms with E-state index in [2.05, 4.69) is 29.8 Å². The minimum absolute atomic E-state index is 0.534. The first-order chi connectivity index (χ1) is 4.74. The standard InChI is InChI=1S/C8H11BrO/c1-3-6(2)8-4-7(9)5-10-8/h4-6H,3H2,1-2H3. The van der Waals surface area contributed by atoms with Crippen molar-refractivity contribution in [1.82, 2.24) is 0 Å². The summed E-state index contributed by atoms with van der Waals surface area (Å²) in [5.74, 6) is 1.60. The summed E-state index contributed by atoms with van der Waals surface area (Å²) in [4.78, 5) is 0. The van der Waals surface area contributed by atoms with Crippen LogP contribution in [0, 0.1) is 0 Å². The summed E-state index contributed by atoms with van der Waals surface area (Å²) in [5.41, 5.74) is 0. The molecular weight excluding hydrogens is 192 g/mol. The predicted octanol–water partition coefficient (Wildman–Crippen LogP) is 3.56. The number of hydrogen-bond acceptors (Lipinski definition) is 1. The zero-order valence-corrected chi connectivity index (χ0v) is 7.81. The molecule has 0 saturated carbocycles. The van der Waals surface area contributed by atoms with Gasteiger partial charge in [-0.1, -0.05) is 13.8 Å². The first-order valence-electron chi connectivity index (χ1n) is 3.48. The third kappa shape index (κ3) is 1.63. The molecular formula is C8H11BrO. The summed E-state index contributed by atoms with van der Waals surface area (Å²) in [6.45, 7) is 4.31. The van der Waals surface area contributed by atoms with Gasteiger partial charge >= 0.3 is 0 Å². The summed E-state index contributed by atoms with van der Waals surface area (Å²) >= 11 is 3.34. The van der Waals surface area contributed by atoms with Gasteiger partial charge in [0.05, 0.1) is 4.47 Å². The Kier molecular flexibility index (Phi) is 2.55. The van der Waals surface area contributed by atoms with Crippen LogP contribution in [-0.2, 0) is 0 Å². The van der Waals surface area contributed by atoms with E-state index >= 15 is 0 Å². The molecule has 0 fully saturated rings. The smallest absolute Gasteiger partial charge is 0.107 e. The van der Waals surface area contributed by atoms with Crippen LogP contribution in [0.25, 0.3) is 0 Å². The van der Waals surface area contributed by atoms with Crippen molar-refractivity contribution in [3.63, 3.8) is 0 Å². The van der Waals surface area contributed by atoms with E-state index in [0.717, 1.165) is 16.7 Å². The second-order valence-electron chi connectivity index (χ2n) is 2.48. The van der Waals surface area contributed by atoms with Crippen LogP contribution in [0.1, 0.15) is 31.9 Å². The number of rotatable bonds is 2. The van der Waals surface area contributed by atoms with Gasteiger partial charge in [-0.2, -0.15) is 0 Å². The van der Waals surface area contributed by atoms with Crippen molar-refractivity contribution in [3.05, 3.63) is 22.6 Å². The SMILES string of the molecule is CCC(C)c1cc(Br)co1. The molecule has 0 spiro atoms. The predicted molar refractivity (Wildman–Crippen MR) is 45.1 cm³/mol. The second-order valence-corrected chi connectivity index (χ2v) is 3.39. The summed E-state index contributed by atoms with van der Waals surface area (Å²) in [7, 11) is 0. The quantitative estimate of drug-likeness (QED) is 0.716. The lowest BCUT2D eigenvalue weighted by Crippen LogP contribution is -1.86. The highest BCUT2D eigenvalue weighted by atomic mass is 79.9. The summed E-state index contributed by atoms with van der Waals surface area (Å²) in [5, 5.41) is 0. The Bertz CT molecular complexity index is 205. The van der Waals surface area contributed by atoms with Gasteiger partial charge in [0.1, 0.15) is 12.0 Å². The fraction of sp³-hybridized carbons (Fsp3) is 0.500. The molecule has 1 heterocycles. The van der Waals surface area contributed by atoms with E-state index in [1.165, 1.54) is 0 Å². The van der Waals surface area contributed by atoms with E-state index in [-0.39, 0.29) is 0 Å². The van der Waals surface area contributed by atoms with Gasteiger partial charge in [0.2, 0.25) is 0 Å². The Labute approximate surface area is 69.6 Å². The Morgan fingerprint density at radius 1 is 1.70 bits per heavy atom. The van der Waals surface area contributed by atoms with Crippen LogP contribution in [0.15, 0.2) is 21.2 Å². The highest BCUT2D eigenvalue weighted by Gasteiger charge is 2.06. The van der Waals surface area contributed by atoms with Crippen molar-refractivity contribution in [2.24, 2.45) is 0 Å². The minimum Gasteiger partial charge on any atom is -0.468 e. The lowest BCUT2D eigenvalue weighted by atomic mass is 10.1. The van der Waals surface area contributed by atoms with Gasteiger partial charge in [-0.05, 0) is 28.4 Å². The van der Waals surface area contributed by atoms with Crippen LogP contribution >= 0.6 is 15.9 Å². The zero-order valence-electron chi connectivity index (χ0n) is 6.23. The van der Waals surface area contributed by atoms with Gasteiger partial charge < -0.3 is 4.42 Å².